The van der Waals surface area contributed by atoms with Crippen molar-refractivity contribution in [2.75, 3.05) is 5.32 Å². The normalized spacial score (nSPS) is 10.4. The second-order valence-electron chi connectivity index (χ2n) is 5.01. The summed E-state index contributed by atoms with van der Waals surface area (Å²) in [4.78, 5) is 23.0. The molecule has 0 aliphatic carbocycles. The summed E-state index contributed by atoms with van der Waals surface area (Å²) in [6, 6.07) is 7.82. The number of nitrogens with one attached hydrogen (secondary N) is 1. The lowest BCUT2D eigenvalue weighted by atomic mass is 9.98. The van der Waals surface area contributed by atoms with E-state index in [1.807, 2.05) is 20.8 Å². The molecule has 0 atom stereocenters. The highest BCUT2D eigenvalue weighted by Crippen LogP contribution is 2.28. The topological polar surface area (TPSA) is 72.2 Å². The summed E-state index contributed by atoms with van der Waals surface area (Å²) < 4.78 is 0.836. The summed E-state index contributed by atoms with van der Waals surface area (Å²) in [5, 5.41) is 13.6. The Labute approximate surface area is 136 Å². The Morgan fingerprint density at radius 2 is 1.77 bits per heavy atom. The minimum Gasteiger partial charge on any atom is -0.316 e. The largest absolute Gasteiger partial charge is 0.316 e. The maximum absolute atomic E-state index is 12.5. The predicted molar refractivity (Wildman–Crippen MR) is 89.4 cm³/mol. The van der Waals surface area contributed by atoms with Gasteiger partial charge in [-0.3, -0.25) is 14.9 Å². The lowest BCUT2D eigenvalue weighted by Gasteiger charge is -2.13. The smallest absolute Gasteiger partial charge is 0.292 e. The van der Waals surface area contributed by atoms with Crippen LogP contribution in [0, 0.1) is 30.9 Å². The number of anilines is 1. The third kappa shape index (κ3) is 3.01. The number of rotatable bonds is 3. The quantitative estimate of drug-likeness (QED) is 0.643. The number of para-hydroxylation sites is 2. The molecule has 22 heavy (non-hydrogen) atoms. The van der Waals surface area contributed by atoms with Crippen molar-refractivity contribution in [2.45, 2.75) is 20.8 Å². The molecule has 0 fully saturated rings. The molecule has 2 aromatic rings. The van der Waals surface area contributed by atoms with Crippen LogP contribution in [0.1, 0.15) is 27.0 Å². The average molecular weight is 363 g/mol. The van der Waals surface area contributed by atoms with Gasteiger partial charge in [-0.05, 0) is 49.6 Å². The molecule has 0 aliphatic rings. The molecule has 1 N–H and O–H groups in total. The molecule has 0 aliphatic heterocycles. The molecule has 1 amide bonds. The number of nitrogens with zero attached hydrogens (tertiary/aromatic N) is 1. The van der Waals surface area contributed by atoms with Crippen LogP contribution in [0.4, 0.5) is 11.4 Å². The zero-order chi connectivity index (χ0) is 16.4. The minimum atomic E-state index is -0.515. The Bertz CT molecular complexity index is 772. The molecule has 0 radical (unpaired) electrons. The Kier molecular flexibility index (Phi) is 4.61. The molecule has 2 rings (SSSR count). The van der Waals surface area contributed by atoms with E-state index in [0.717, 1.165) is 21.2 Å². The number of nitro groups is 1. The predicted octanol–water partition coefficient (Wildman–Crippen LogP) is 4.53. The number of carbonyl (C=O) groups is 1. The number of hydrogen-bond donors (Lipinski definition) is 1. The van der Waals surface area contributed by atoms with Gasteiger partial charge in [0.05, 0.1) is 4.92 Å². The van der Waals surface area contributed by atoms with Gasteiger partial charge in [-0.2, -0.15) is 0 Å². The van der Waals surface area contributed by atoms with E-state index in [1.165, 1.54) is 12.1 Å². The second kappa shape index (κ2) is 6.27. The van der Waals surface area contributed by atoms with E-state index in [1.54, 1.807) is 18.2 Å². The first-order chi connectivity index (χ1) is 10.3. The number of nitro benzene ring substituents is 1. The Morgan fingerprint density at radius 1 is 1.14 bits per heavy atom. The first kappa shape index (κ1) is 16.2. The maximum Gasteiger partial charge on any atom is 0.292 e. The first-order valence-corrected chi connectivity index (χ1v) is 7.43. The van der Waals surface area contributed by atoms with Crippen LogP contribution in [0.2, 0.25) is 0 Å². The van der Waals surface area contributed by atoms with Crippen molar-refractivity contribution in [3.05, 3.63) is 67.2 Å². The van der Waals surface area contributed by atoms with Gasteiger partial charge in [-0.25, -0.2) is 0 Å². The van der Waals surface area contributed by atoms with Crippen molar-refractivity contribution in [3.8, 4) is 0 Å². The molecule has 0 saturated heterocycles. The molecule has 114 valence electrons. The summed E-state index contributed by atoms with van der Waals surface area (Å²) in [6.07, 6.45) is 0. The summed E-state index contributed by atoms with van der Waals surface area (Å²) in [5.41, 5.74) is 3.49. The molecule has 0 saturated carbocycles. The van der Waals surface area contributed by atoms with Crippen molar-refractivity contribution < 1.29 is 9.72 Å². The fourth-order valence-corrected chi connectivity index (χ4v) is 2.70. The van der Waals surface area contributed by atoms with Gasteiger partial charge in [0, 0.05) is 16.1 Å². The number of halogens is 1. The van der Waals surface area contributed by atoms with E-state index in [4.69, 9.17) is 0 Å². The zero-order valence-electron chi connectivity index (χ0n) is 12.4. The lowest BCUT2D eigenvalue weighted by molar-refractivity contribution is -0.383. The van der Waals surface area contributed by atoms with Crippen molar-refractivity contribution in [1.82, 2.24) is 0 Å². The van der Waals surface area contributed by atoms with Gasteiger partial charge in [0.1, 0.15) is 5.69 Å². The number of carbonyl (C=O) groups excluding carboxylic acids is 1. The van der Waals surface area contributed by atoms with Gasteiger partial charge in [-0.1, -0.05) is 28.1 Å². The van der Waals surface area contributed by atoms with E-state index < -0.39 is 4.92 Å². The molecule has 0 aromatic heterocycles. The summed E-state index contributed by atoms with van der Waals surface area (Å²) >= 11 is 3.43. The molecule has 0 bridgehead atoms. The fraction of sp³-hybridized carbons (Fsp3) is 0.188. The van der Waals surface area contributed by atoms with Crippen LogP contribution in [0.15, 0.2) is 34.8 Å². The van der Waals surface area contributed by atoms with Crippen LogP contribution in [0.5, 0.6) is 0 Å². The Morgan fingerprint density at radius 3 is 2.41 bits per heavy atom. The van der Waals surface area contributed by atoms with Crippen LogP contribution >= 0.6 is 15.9 Å². The van der Waals surface area contributed by atoms with Crippen molar-refractivity contribution in [1.29, 1.82) is 0 Å². The molecular formula is C16H15BrN2O3. The second-order valence-corrected chi connectivity index (χ2v) is 5.86. The molecule has 0 heterocycles. The van der Waals surface area contributed by atoms with Crippen LogP contribution in [-0.4, -0.2) is 10.8 Å². The highest BCUT2D eigenvalue weighted by molar-refractivity contribution is 9.10. The SMILES string of the molecule is Cc1c(Br)cc(C(=O)Nc2ccccc2[N+](=O)[O-])c(C)c1C. The standard InChI is InChI=1S/C16H15BrN2O3/c1-9-10(2)12(8-13(17)11(9)3)16(20)18-14-6-4-5-7-15(14)19(21)22/h4-8H,1-3H3,(H,18,20). The average Bonchev–Trinajstić information content (AvgIpc) is 2.49. The van der Waals surface area contributed by atoms with E-state index in [0.29, 0.717) is 5.56 Å². The monoisotopic (exact) mass is 362 g/mol. The van der Waals surface area contributed by atoms with E-state index >= 15 is 0 Å². The Balaban J connectivity index is 2.41. The number of hydrogen-bond acceptors (Lipinski definition) is 3. The van der Waals surface area contributed by atoms with Crippen LogP contribution in [-0.2, 0) is 0 Å². The fourth-order valence-electron chi connectivity index (χ4n) is 2.17. The van der Waals surface area contributed by atoms with E-state index in [9.17, 15) is 14.9 Å². The lowest BCUT2D eigenvalue weighted by Crippen LogP contribution is -2.15. The van der Waals surface area contributed by atoms with Crippen LogP contribution in [0.3, 0.4) is 0 Å². The van der Waals surface area contributed by atoms with Gasteiger partial charge < -0.3 is 5.32 Å². The molecule has 0 unspecified atom stereocenters. The van der Waals surface area contributed by atoms with Gasteiger partial charge in [0.2, 0.25) is 0 Å². The zero-order valence-corrected chi connectivity index (χ0v) is 14.0. The maximum atomic E-state index is 12.5. The molecule has 5 nitrogen and oxygen atoms in total. The molecule has 0 spiro atoms. The summed E-state index contributed by atoms with van der Waals surface area (Å²) in [6.45, 7) is 5.77. The number of benzene rings is 2. The molecule has 2 aromatic carbocycles. The first-order valence-electron chi connectivity index (χ1n) is 6.64. The summed E-state index contributed by atoms with van der Waals surface area (Å²) in [7, 11) is 0. The van der Waals surface area contributed by atoms with Gasteiger partial charge in [0.15, 0.2) is 0 Å². The third-order valence-corrected chi connectivity index (χ3v) is 4.58. The van der Waals surface area contributed by atoms with Crippen molar-refractivity contribution in [3.63, 3.8) is 0 Å². The van der Waals surface area contributed by atoms with Gasteiger partial charge in [0.25, 0.3) is 11.6 Å². The third-order valence-electron chi connectivity index (χ3n) is 3.75. The molecule has 6 heteroatoms. The van der Waals surface area contributed by atoms with Gasteiger partial charge in [-0.15, -0.1) is 0 Å². The molecular weight excluding hydrogens is 348 g/mol. The Hall–Kier alpha value is -2.21. The van der Waals surface area contributed by atoms with Crippen LogP contribution < -0.4 is 5.32 Å². The van der Waals surface area contributed by atoms with Crippen LogP contribution in [0.25, 0.3) is 0 Å². The van der Waals surface area contributed by atoms with Gasteiger partial charge >= 0.3 is 0 Å². The highest BCUT2D eigenvalue weighted by atomic mass is 79.9. The van der Waals surface area contributed by atoms with E-state index in [2.05, 4.69) is 21.2 Å². The van der Waals surface area contributed by atoms with Crippen molar-refractivity contribution >= 4 is 33.2 Å². The minimum absolute atomic E-state index is 0.128. The highest BCUT2D eigenvalue weighted by Gasteiger charge is 2.18. The number of amides is 1. The van der Waals surface area contributed by atoms with Crippen molar-refractivity contribution in [2.24, 2.45) is 0 Å². The summed E-state index contributed by atoms with van der Waals surface area (Å²) in [5.74, 6) is -0.365. The van der Waals surface area contributed by atoms with E-state index in [-0.39, 0.29) is 17.3 Å².